The van der Waals surface area contributed by atoms with Crippen molar-refractivity contribution in [2.24, 2.45) is 11.8 Å². The van der Waals surface area contributed by atoms with E-state index in [0.717, 1.165) is 0 Å². The average molecular weight is 304 g/mol. The van der Waals surface area contributed by atoms with Gasteiger partial charge in [-0.2, -0.15) is 0 Å². The highest BCUT2D eigenvalue weighted by Crippen LogP contribution is 2.57. The van der Waals surface area contributed by atoms with E-state index < -0.39 is 23.0 Å². The first-order valence-corrected chi connectivity index (χ1v) is 7.27. The van der Waals surface area contributed by atoms with Gasteiger partial charge in [0.2, 0.25) is 11.8 Å². The van der Waals surface area contributed by atoms with Crippen molar-refractivity contribution in [2.75, 3.05) is 4.90 Å². The van der Waals surface area contributed by atoms with E-state index in [2.05, 4.69) is 0 Å². The van der Waals surface area contributed by atoms with Gasteiger partial charge in [-0.25, -0.2) is 4.90 Å². The van der Waals surface area contributed by atoms with E-state index in [1.165, 1.54) is 4.90 Å². The highest BCUT2D eigenvalue weighted by molar-refractivity contribution is 6.31. The van der Waals surface area contributed by atoms with Crippen molar-refractivity contribution >= 4 is 29.1 Å². The van der Waals surface area contributed by atoms with Crippen LogP contribution >= 0.6 is 11.6 Å². The molecule has 0 unspecified atom stereocenters. The minimum atomic E-state index is -0.687. The molecule has 2 saturated heterocycles. The normalized spacial score (nSPS) is 40.2. The van der Waals surface area contributed by atoms with E-state index in [-0.39, 0.29) is 11.8 Å². The summed E-state index contributed by atoms with van der Waals surface area (Å²) in [5.74, 6) is -1.28. The molecule has 3 aliphatic heterocycles. The Bertz CT molecular complexity index is 662. The molecular weight excluding hydrogens is 290 g/mol. The van der Waals surface area contributed by atoms with Crippen LogP contribution in [0, 0.1) is 11.8 Å². The maximum absolute atomic E-state index is 12.8. The number of fused-ring (bicyclic) bond motifs is 5. The highest BCUT2D eigenvalue weighted by Gasteiger charge is 2.70. The van der Waals surface area contributed by atoms with Crippen molar-refractivity contribution in [1.29, 1.82) is 0 Å². The number of carbonyl (C=O) groups excluding carboxylic acids is 2. The Hall–Kier alpha value is -1.65. The number of halogens is 1. The molecule has 5 heteroatoms. The lowest BCUT2D eigenvalue weighted by Gasteiger charge is -2.25. The summed E-state index contributed by atoms with van der Waals surface area (Å²) in [7, 11) is 0. The lowest BCUT2D eigenvalue weighted by molar-refractivity contribution is -0.128. The minimum Gasteiger partial charge on any atom is -0.359 e. The van der Waals surface area contributed by atoms with Crippen LogP contribution in [0.1, 0.15) is 13.8 Å². The number of amides is 2. The van der Waals surface area contributed by atoms with Gasteiger partial charge >= 0.3 is 0 Å². The molecule has 3 heterocycles. The van der Waals surface area contributed by atoms with Crippen LogP contribution in [0.15, 0.2) is 36.4 Å². The quantitative estimate of drug-likeness (QED) is 0.592. The number of benzene rings is 1. The number of imide groups is 1. The van der Waals surface area contributed by atoms with Gasteiger partial charge in [0.1, 0.15) is 0 Å². The Morgan fingerprint density at radius 3 is 1.95 bits per heavy atom. The van der Waals surface area contributed by atoms with E-state index in [1.807, 2.05) is 26.0 Å². The number of nitrogens with zero attached hydrogens (tertiary/aromatic N) is 1. The third kappa shape index (κ3) is 1.49. The molecule has 0 saturated carbocycles. The van der Waals surface area contributed by atoms with Gasteiger partial charge in [0.05, 0.1) is 28.7 Å². The minimum absolute atomic E-state index is 0.192. The first-order valence-electron chi connectivity index (χ1n) is 6.90. The number of hydrogen-bond acceptors (Lipinski definition) is 3. The molecule has 108 valence electrons. The van der Waals surface area contributed by atoms with Gasteiger partial charge < -0.3 is 4.74 Å². The molecule has 1 aromatic rings. The number of hydrogen-bond donors (Lipinski definition) is 0. The first kappa shape index (κ1) is 13.0. The molecule has 4 nitrogen and oxygen atoms in total. The van der Waals surface area contributed by atoms with Gasteiger partial charge in [0.25, 0.3) is 0 Å². The predicted octanol–water partition coefficient (Wildman–Crippen LogP) is 2.56. The number of anilines is 1. The third-order valence-electron chi connectivity index (χ3n) is 4.81. The number of ether oxygens (including phenoxy) is 1. The third-order valence-corrected chi connectivity index (χ3v) is 5.06. The van der Waals surface area contributed by atoms with Gasteiger partial charge in [-0.15, -0.1) is 0 Å². The maximum atomic E-state index is 12.8. The highest BCUT2D eigenvalue weighted by atomic mass is 35.5. The topological polar surface area (TPSA) is 46.6 Å². The SMILES string of the molecule is C[C@]12C=C[C@](C)(O1)[C@H]1C(=O)N(c3ccc(Cl)cc3)C(=O)[C@@H]12. The van der Waals surface area contributed by atoms with E-state index in [9.17, 15) is 9.59 Å². The van der Waals surface area contributed by atoms with Crippen molar-refractivity contribution in [2.45, 2.75) is 25.0 Å². The summed E-state index contributed by atoms with van der Waals surface area (Å²) in [4.78, 5) is 26.8. The molecule has 2 bridgehead atoms. The van der Waals surface area contributed by atoms with Crippen LogP contribution in [0.4, 0.5) is 5.69 Å². The van der Waals surface area contributed by atoms with Crippen molar-refractivity contribution < 1.29 is 14.3 Å². The summed E-state index contributed by atoms with van der Waals surface area (Å²) >= 11 is 5.87. The summed E-state index contributed by atoms with van der Waals surface area (Å²) in [6.07, 6.45) is 3.81. The van der Waals surface area contributed by atoms with Crippen LogP contribution in [-0.2, 0) is 14.3 Å². The lowest BCUT2D eigenvalue weighted by atomic mass is 9.73. The summed E-state index contributed by atoms with van der Waals surface area (Å²) in [6, 6.07) is 6.75. The van der Waals surface area contributed by atoms with E-state index in [0.29, 0.717) is 10.7 Å². The Morgan fingerprint density at radius 1 is 1.00 bits per heavy atom. The zero-order valence-electron chi connectivity index (χ0n) is 11.7. The summed E-state index contributed by atoms with van der Waals surface area (Å²) in [5, 5.41) is 0.571. The second-order valence-electron chi connectivity index (χ2n) is 6.25. The summed E-state index contributed by atoms with van der Waals surface area (Å²) in [6.45, 7) is 3.74. The van der Waals surface area contributed by atoms with Crippen molar-refractivity contribution in [1.82, 2.24) is 0 Å². The van der Waals surface area contributed by atoms with E-state index >= 15 is 0 Å². The van der Waals surface area contributed by atoms with Gasteiger partial charge in [-0.3, -0.25) is 9.59 Å². The second-order valence-corrected chi connectivity index (χ2v) is 6.68. The first-order chi connectivity index (χ1) is 9.86. The molecule has 0 N–H and O–H groups in total. The van der Waals surface area contributed by atoms with E-state index in [4.69, 9.17) is 16.3 Å². The fourth-order valence-electron chi connectivity index (χ4n) is 3.88. The molecule has 0 aliphatic carbocycles. The Labute approximate surface area is 127 Å². The van der Waals surface area contributed by atoms with Crippen LogP contribution in [-0.4, -0.2) is 23.0 Å². The van der Waals surface area contributed by atoms with Crippen molar-refractivity contribution in [3.8, 4) is 0 Å². The molecule has 4 rings (SSSR count). The largest absolute Gasteiger partial charge is 0.359 e. The van der Waals surface area contributed by atoms with Crippen LogP contribution in [0.25, 0.3) is 0 Å². The molecule has 2 fully saturated rings. The predicted molar refractivity (Wildman–Crippen MR) is 78.0 cm³/mol. The van der Waals surface area contributed by atoms with Crippen molar-refractivity contribution in [3.05, 3.63) is 41.4 Å². The molecular formula is C16H14ClNO3. The number of rotatable bonds is 1. The Morgan fingerprint density at radius 2 is 1.48 bits per heavy atom. The molecule has 3 aliphatic rings. The maximum Gasteiger partial charge on any atom is 0.241 e. The smallest absolute Gasteiger partial charge is 0.241 e. The van der Waals surface area contributed by atoms with Crippen LogP contribution < -0.4 is 4.90 Å². The molecule has 21 heavy (non-hydrogen) atoms. The fourth-order valence-corrected chi connectivity index (χ4v) is 4.00. The van der Waals surface area contributed by atoms with Crippen molar-refractivity contribution in [3.63, 3.8) is 0 Å². The van der Waals surface area contributed by atoms with Gasteiger partial charge in [-0.1, -0.05) is 23.8 Å². The molecule has 0 radical (unpaired) electrons. The van der Waals surface area contributed by atoms with Gasteiger partial charge in [0, 0.05) is 5.02 Å². The van der Waals surface area contributed by atoms with Crippen LogP contribution in [0.3, 0.4) is 0 Å². The molecule has 1 aromatic carbocycles. The molecule has 4 atom stereocenters. The Kier molecular flexibility index (Phi) is 2.33. The van der Waals surface area contributed by atoms with E-state index in [1.54, 1.807) is 24.3 Å². The van der Waals surface area contributed by atoms with Crippen LogP contribution in [0.5, 0.6) is 0 Å². The lowest BCUT2D eigenvalue weighted by Crippen LogP contribution is -2.39. The van der Waals surface area contributed by atoms with Gasteiger partial charge in [0.15, 0.2) is 0 Å². The zero-order valence-corrected chi connectivity index (χ0v) is 12.4. The molecule has 2 amide bonds. The average Bonchev–Trinajstić information content (AvgIpc) is 2.97. The number of carbonyl (C=O) groups is 2. The monoisotopic (exact) mass is 303 g/mol. The van der Waals surface area contributed by atoms with Crippen LogP contribution in [0.2, 0.25) is 5.02 Å². The summed E-state index contributed by atoms with van der Waals surface area (Å²) in [5.41, 5.74) is -0.809. The standard InChI is InChI=1S/C16H14ClNO3/c1-15-7-8-16(2,21-15)12-11(15)13(19)18(14(12)20)10-5-3-9(17)4-6-10/h3-8,11-12H,1-2H3/t11-,12-,15-,16+/m1/s1. The fraction of sp³-hybridized carbons (Fsp3) is 0.375. The second kappa shape index (κ2) is 3.76. The van der Waals surface area contributed by atoms with Gasteiger partial charge in [-0.05, 0) is 38.1 Å². The molecule has 0 aromatic heterocycles. The Balaban J connectivity index is 1.80. The molecule has 0 spiro atoms. The summed E-state index contributed by atoms with van der Waals surface area (Å²) < 4.78 is 5.96. The zero-order chi connectivity index (χ0) is 15.0.